The summed E-state index contributed by atoms with van der Waals surface area (Å²) < 4.78 is 5.74. The van der Waals surface area contributed by atoms with Gasteiger partial charge in [-0.25, -0.2) is 4.98 Å². The molecule has 0 aliphatic carbocycles. The van der Waals surface area contributed by atoms with Gasteiger partial charge in [0.25, 0.3) is 0 Å². The van der Waals surface area contributed by atoms with Gasteiger partial charge in [0.2, 0.25) is 5.91 Å². The van der Waals surface area contributed by atoms with E-state index >= 15 is 0 Å². The number of nitriles is 1. The summed E-state index contributed by atoms with van der Waals surface area (Å²) in [6.07, 6.45) is 0. The Morgan fingerprint density at radius 1 is 1.24 bits per heavy atom. The van der Waals surface area contributed by atoms with E-state index in [1.54, 1.807) is 23.1 Å². The number of carbonyl (C=O) groups is 1. The van der Waals surface area contributed by atoms with Gasteiger partial charge in [-0.05, 0) is 50.1 Å². The molecule has 0 saturated carbocycles. The monoisotopic (exact) mass is 425 g/mol. The van der Waals surface area contributed by atoms with E-state index in [0.717, 1.165) is 22.4 Å². The first kappa shape index (κ1) is 20.8. The van der Waals surface area contributed by atoms with Crippen LogP contribution in [0.2, 0.25) is 5.02 Å². The molecule has 0 atom stereocenters. The van der Waals surface area contributed by atoms with Crippen molar-refractivity contribution in [1.82, 2.24) is 4.98 Å². The van der Waals surface area contributed by atoms with Crippen LogP contribution in [0.5, 0.6) is 5.75 Å². The fraction of sp³-hybridized carbons (Fsp3) is 0.227. The molecular weight excluding hydrogens is 406 g/mol. The Balaban J connectivity index is 1.84. The predicted molar refractivity (Wildman–Crippen MR) is 116 cm³/mol. The highest BCUT2D eigenvalue weighted by atomic mass is 35.5. The number of thiazole rings is 1. The van der Waals surface area contributed by atoms with Crippen molar-refractivity contribution in [2.24, 2.45) is 0 Å². The van der Waals surface area contributed by atoms with Crippen LogP contribution in [0.4, 0.5) is 10.8 Å². The number of aryl methyl sites for hydroxylation is 3. The normalized spacial score (nSPS) is 10.5. The third-order valence-electron chi connectivity index (χ3n) is 4.34. The highest BCUT2D eigenvalue weighted by Crippen LogP contribution is 2.35. The van der Waals surface area contributed by atoms with Crippen LogP contribution < -0.4 is 9.64 Å². The molecule has 1 aromatic heterocycles. The van der Waals surface area contributed by atoms with Gasteiger partial charge in [-0.15, -0.1) is 11.3 Å². The molecule has 7 heteroatoms. The summed E-state index contributed by atoms with van der Waals surface area (Å²) >= 11 is 7.54. The number of ether oxygens (including phenoxy) is 1. The minimum absolute atomic E-state index is 0.1000. The SMILES string of the molecule is CC(=O)N(c1nc(COc2ccc(C#N)cc2Cl)cs1)c1c(C)cc(C)cc1C. The Hall–Kier alpha value is -2.88. The number of amides is 1. The van der Waals surface area contributed by atoms with Crippen molar-refractivity contribution in [1.29, 1.82) is 5.26 Å². The Morgan fingerprint density at radius 2 is 1.93 bits per heavy atom. The first-order chi connectivity index (χ1) is 13.8. The zero-order valence-corrected chi connectivity index (χ0v) is 18.2. The van der Waals surface area contributed by atoms with E-state index in [-0.39, 0.29) is 12.5 Å². The lowest BCUT2D eigenvalue weighted by Gasteiger charge is -2.23. The average Bonchev–Trinajstić information content (AvgIpc) is 3.11. The lowest BCUT2D eigenvalue weighted by molar-refractivity contribution is -0.115. The van der Waals surface area contributed by atoms with E-state index < -0.39 is 0 Å². The molecule has 0 aliphatic rings. The quantitative estimate of drug-likeness (QED) is 0.513. The van der Waals surface area contributed by atoms with E-state index in [4.69, 9.17) is 21.6 Å². The van der Waals surface area contributed by atoms with Crippen molar-refractivity contribution in [3.63, 3.8) is 0 Å². The molecule has 3 aromatic rings. The van der Waals surface area contributed by atoms with Crippen molar-refractivity contribution in [2.75, 3.05) is 4.90 Å². The van der Waals surface area contributed by atoms with Gasteiger partial charge in [-0.2, -0.15) is 5.26 Å². The number of rotatable bonds is 5. The van der Waals surface area contributed by atoms with Crippen LogP contribution in [0, 0.1) is 32.1 Å². The first-order valence-electron chi connectivity index (χ1n) is 8.95. The van der Waals surface area contributed by atoms with Gasteiger partial charge in [-0.1, -0.05) is 29.3 Å². The van der Waals surface area contributed by atoms with Gasteiger partial charge in [0.15, 0.2) is 5.13 Å². The first-order valence-corrected chi connectivity index (χ1v) is 10.2. The van der Waals surface area contributed by atoms with Gasteiger partial charge in [-0.3, -0.25) is 9.69 Å². The van der Waals surface area contributed by atoms with E-state index in [9.17, 15) is 4.79 Å². The minimum Gasteiger partial charge on any atom is -0.486 e. The number of benzene rings is 2. The van der Waals surface area contributed by atoms with E-state index in [1.165, 1.54) is 18.3 Å². The number of aromatic nitrogens is 1. The third kappa shape index (κ3) is 4.58. The van der Waals surface area contributed by atoms with Gasteiger partial charge >= 0.3 is 0 Å². The molecule has 0 radical (unpaired) electrons. The maximum atomic E-state index is 12.4. The fourth-order valence-electron chi connectivity index (χ4n) is 3.22. The van der Waals surface area contributed by atoms with E-state index in [1.807, 2.05) is 32.2 Å². The average molecular weight is 426 g/mol. The Kier molecular flexibility index (Phi) is 6.21. The molecular formula is C22H20ClN3O2S. The van der Waals surface area contributed by atoms with Crippen molar-refractivity contribution in [3.8, 4) is 11.8 Å². The fourth-order valence-corrected chi connectivity index (χ4v) is 4.31. The molecule has 0 saturated heterocycles. The molecule has 5 nitrogen and oxygen atoms in total. The lowest BCUT2D eigenvalue weighted by atomic mass is 10.0. The van der Waals surface area contributed by atoms with Gasteiger partial charge in [0.05, 0.1) is 28.0 Å². The Labute approximate surface area is 179 Å². The molecule has 148 valence electrons. The standard InChI is InChI=1S/C22H20ClN3O2S/c1-13-7-14(2)21(15(3)8-13)26(16(4)27)22-25-18(12-29-22)11-28-20-6-5-17(10-24)9-19(20)23/h5-9,12H,11H2,1-4H3. The number of hydrogen-bond acceptors (Lipinski definition) is 5. The number of anilines is 2. The summed E-state index contributed by atoms with van der Waals surface area (Å²) in [6, 6.07) is 11.0. The number of halogens is 1. The summed E-state index contributed by atoms with van der Waals surface area (Å²) in [5.41, 5.74) is 5.23. The molecule has 0 unspecified atom stereocenters. The summed E-state index contributed by atoms with van der Waals surface area (Å²) in [5.74, 6) is 0.380. The topological polar surface area (TPSA) is 66.2 Å². The molecule has 29 heavy (non-hydrogen) atoms. The minimum atomic E-state index is -0.1000. The molecule has 0 fully saturated rings. The highest BCUT2D eigenvalue weighted by Gasteiger charge is 2.22. The molecule has 2 aromatic carbocycles. The summed E-state index contributed by atoms with van der Waals surface area (Å²) in [6.45, 7) is 7.77. The van der Waals surface area contributed by atoms with E-state index in [0.29, 0.717) is 27.2 Å². The Bertz CT molecular complexity index is 1090. The van der Waals surface area contributed by atoms with Crippen molar-refractivity contribution < 1.29 is 9.53 Å². The molecule has 0 bridgehead atoms. The van der Waals surface area contributed by atoms with Gasteiger partial charge in [0, 0.05) is 12.3 Å². The van der Waals surface area contributed by atoms with Crippen LogP contribution in [-0.4, -0.2) is 10.9 Å². The molecule has 1 amide bonds. The third-order valence-corrected chi connectivity index (χ3v) is 5.51. The second kappa shape index (κ2) is 8.64. The number of carbonyl (C=O) groups excluding carboxylic acids is 1. The highest BCUT2D eigenvalue weighted by molar-refractivity contribution is 7.14. The smallest absolute Gasteiger partial charge is 0.230 e. The summed E-state index contributed by atoms with van der Waals surface area (Å²) in [5, 5.41) is 11.7. The molecule has 0 aliphatic heterocycles. The summed E-state index contributed by atoms with van der Waals surface area (Å²) in [7, 11) is 0. The lowest BCUT2D eigenvalue weighted by Crippen LogP contribution is -2.24. The van der Waals surface area contributed by atoms with E-state index in [2.05, 4.69) is 17.1 Å². The maximum Gasteiger partial charge on any atom is 0.230 e. The number of nitrogens with zero attached hydrogens (tertiary/aromatic N) is 3. The second-order valence-corrected chi connectivity index (χ2v) is 8.01. The van der Waals surface area contributed by atoms with Crippen LogP contribution in [0.25, 0.3) is 0 Å². The molecule has 3 rings (SSSR count). The molecule has 0 N–H and O–H groups in total. The van der Waals surface area contributed by atoms with Crippen LogP contribution in [-0.2, 0) is 11.4 Å². The molecule has 0 spiro atoms. The summed E-state index contributed by atoms with van der Waals surface area (Å²) in [4.78, 5) is 18.7. The predicted octanol–water partition coefficient (Wildman–Crippen LogP) is 5.86. The van der Waals surface area contributed by atoms with Crippen molar-refractivity contribution >= 4 is 39.7 Å². The largest absolute Gasteiger partial charge is 0.486 e. The zero-order chi connectivity index (χ0) is 21.1. The van der Waals surface area contributed by atoms with Crippen molar-refractivity contribution in [2.45, 2.75) is 34.3 Å². The molecule has 1 heterocycles. The van der Waals surface area contributed by atoms with Crippen molar-refractivity contribution in [3.05, 3.63) is 68.7 Å². The van der Waals surface area contributed by atoms with Gasteiger partial charge < -0.3 is 4.74 Å². The zero-order valence-electron chi connectivity index (χ0n) is 16.6. The van der Waals surface area contributed by atoms with Crippen LogP contribution >= 0.6 is 22.9 Å². The van der Waals surface area contributed by atoms with Crippen LogP contribution in [0.3, 0.4) is 0 Å². The number of hydrogen-bond donors (Lipinski definition) is 0. The van der Waals surface area contributed by atoms with Gasteiger partial charge in [0.1, 0.15) is 12.4 Å². The second-order valence-electron chi connectivity index (χ2n) is 6.77. The van der Waals surface area contributed by atoms with Crippen LogP contribution in [0.1, 0.15) is 34.9 Å². The maximum absolute atomic E-state index is 12.4. The Morgan fingerprint density at radius 3 is 2.52 bits per heavy atom. The van der Waals surface area contributed by atoms with Crippen LogP contribution in [0.15, 0.2) is 35.7 Å².